The minimum atomic E-state index is -4.91. The summed E-state index contributed by atoms with van der Waals surface area (Å²) in [6.45, 7) is -0.0921. The van der Waals surface area contributed by atoms with Gasteiger partial charge in [0, 0.05) is 11.8 Å². The van der Waals surface area contributed by atoms with Gasteiger partial charge in [-0.25, -0.2) is 4.79 Å². The van der Waals surface area contributed by atoms with Crippen LogP contribution in [-0.2, 0) is 17.5 Å². The Labute approximate surface area is 150 Å². The zero-order valence-electron chi connectivity index (χ0n) is 13.6. The van der Waals surface area contributed by atoms with Crippen LogP contribution in [-0.4, -0.2) is 12.3 Å². The van der Waals surface area contributed by atoms with Gasteiger partial charge in [-0.3, -0.25) is 5.32 Å². The summed E-state index contributed by atoms with van der Waals surface area (Å²) in [6, 6.07) is 11.0. The molecule has 0 unspecified atom stereocenters. The predicted octanol–water partition coefficient (Wildman–Crippen LogP) is 6.03. The van der Waals surface area contributed by atoms with E-state index in [1.165, 1.54) is 0 Å². The molecule has 1 amide bonds. The first kappa shape index (κ1) is 20.3. The lowest BCUT2D eigenvalue weighted by Crippen LogP contribution is -2.15. The molecule has 0 atom stereocenters. The van der Waals surface area contributed by atoms with Gasteiger partial charge < -0.3 is 4.74 Å². The normalized spacial score (nSPS) is 12.2. The maximum absolute atomic E-state index is 13.1. The van der Waals surface area contributed by atoms with Gasteiger partial charge >= 0.3 is 18.4 Å². The number of benzene rings is 2. The first-order valence-corrected chi connectivity index (χ1v) is 7.49. The monoisotopic (exact) mass is 389 g/mol. The van der Waals surface area contributed by atoms with Crippen molar-refractivity contribution in [2.45, 2.75) is 19.0 Å². The molecule has 1 N–H and O–H groups in total. The van der Waals surface area contributed by atoms with Gasteiger partial charge in [-0.2, -0.15) is 26.3 Å². The van der Waals surface area contributed by atoms with Crippen LogP contribution in [0.2, 0.25) is 0 Å². The van der Waals surface area contributed by atoms with Crippen molar-refractivity contribution in [2.24, 2.45) is 0 Å². The summed E-state index contributed by atoms with van der Waals surface area (Å²) >= 11 is 0. The molecular weight excluding hydrogens is 376 g/mol. The van der Waals surface area contributed by atoms with Crippen LogP contribution in [0, 0.1) is 0 Å². The molecular formula is C18H13F6NO2. The Hall–Kier alpha value is -2.97. The van der Waals surface area contributed by atoms with E-state index in [-0.39, 0.29) is 18.4 Å². The molecule has 0 bridgehead atoms. The van der Waals surface area contributed by atoms with Crippen LogP contribution < -0.4 is 5.32 Å². The number of hydrogen-bond donors (Lipinski definition) is 1. The molecule has 0 aliphatic carbocycles. The topological polar surface area (TPSA) is 38.3 Å². The summed E-state index contributed by atoms with van der Waals surface area (Å²) in [5.41, 5.74) is -1.58. The molecule has 0 heterocycles. The first-order valence-electron chi connectivity index (χ1n) is 7.49. The van der Waals surface area contributed by atoms with E-state index in [4.69, 9.17) is 4.74 Å². The summed E-state index contributed by atoms with van der Waals surface area (Å²) in [4.78, 5) is 11.7. The standard InChI is InChI=1S/C18H13F6NO2/c19-17(20,21)9-8-13-6-7-14(10-15(13)18(22,23)24)25-16(26)27-11-12-4-2-1-3-5-12/h1-10H,11H2,(H,25,26)/b9-8+. The second-order valence-electron chi connectivity index (χ2n) is 5.36. The number of halogens is 6. The van der Waals surface area contributed by atoms with Crippen molar-refractivity contribution in [2.75, 3.05) is 5.32 Å². The van der Waals surface area contributed by atoms with Crippen molar-refractivity contribution in [1.82, 2.24) is 0 Å². The third kappa shape index (κ3) is 6.69. The quantitative estimate of drug-likeness (QED) is 0.649. The fourth-order valence-electron chi connectivity index (χ4n) is 2.09. The maximum atomic E-state index is 13.1. The number of anilines is 1. The third-order valence-corrected chi connectivity index (χ3v) is 3.27. The average molecular weight is 389 g/mol. The Bertz CT molecular complexity index is 813. The van der Waals surface area contributed by atoms with E-state index in [9.17, 15) is 31.1 Å². The molecule has 0 aromatic heterocycles. The number of hydrogen-bond acceptors (Lipinski definition) is 2. The number of amides is 1. The summed E-state index contributed by atoms with van der Waals surface area (Å²) in [5, 5.41) is 2.12. The highest BCUT2D eigenvalue weighted by Gasteiger charge is 2.33. The van der Waals surface area contributed by atoms with Crippen LogP contribution in [0.5, 0.6) is 0 Å². The Morgan fingerprint density at radius 1 is 1.00 bits per heavy atom. The third-order valence-electron chi connectivity index (χ3n) is 3.27. The summed E-state index contributed by atoms with van der Waals surface area (Å²) in [5.74, 6) is 0. The van der Waals surface area contributed by atoms with Crippen molar-refractivity contribution in [3.05, 3.63) is 71.3 Å². The van der Waals surface area contributed by atoms with Gasteiger partial charge in [-0.15, -0.1) is 0 Å². The van der Waals surface area contributed by atoms with Crippen LogP contribution in [0.3, 0.4) is 0 Å². The zero-order valence-corrected chi connectivity index (χ0v) is 13.6. The summed E-state index contributed by atoms with van der Waals surface area (Å²) in [6.07, 6.45) is -10.6. The molecule has 2 rings (SSSR count). The molecule has 27 heavy (non-hydrogen) atoms. The Morgan fingerprint density at radius 3 is 2.26 bits per heavy atom. The Balaban J connectivity index is 2.13. The SMILES string of the molecule is O=C(Nc1ccc(/C=C/C(F)(F)F)c(C(F)(F)F)c1)OCc1ccccc1. The first-order chi connectivity index (χ1) is 12.5. The highest BCUT2D eigenvalue weighted by atomic mass is 19.4. The lowest BCUT2D eigenvalue weighted by atomic mass is 10.1. The second-order valence-corrected chi connectivity index (χ2v) is 5.36. The molecule has 0 spiro atoms. The lowest BCUT2D eigenvalue weighted by molar-refractivity contribution is -0.137. The Kier molecular flexibility index (Phi) is 6.14. The zero-order chi connectivity index (χ0) is 20.1. The van der Waals surface area contributed by atoms with Crippen molar-refractivity contribution >= 4 is 17.9 Å². The van der Waals surface area contributed by atoms with Gasteiger partial charge in [0.15, 0.2) is 0 Å². The molecule has 9 heteroatoms. The van der Waals surface area contributed by atoms with Crippen molar-refractivity contribution in [1.29, 1.82) is 0 Å². The van der Waals surface area contributed by atoms with E-state index in [0.29, 0.717) is 17.7 Å². The van der Waals surface area contributed by atoms with Crippen LogP contribution in [0.15, 0.2) is 54.6 Å². The number of rotatable bonds is 4. The fraction of sp³-hybridized carbons (Fsp3) is 0.167. The van der Waals surface area contributed by atoms with E-state index < -0.39 is 29.6 Å². The van der Waals surface area contributed by atoms with Crippen LogP contribution >= 0.6 is 0 Å². The molecule has 0 radical (unpaired) electrons. The van der Waals surface area contributed by atoms with Gasteiger partial charge in [0.05, 0.1) is 5.56 Å². The predicted molar refractivity (Wildman–Crippen MR) is 86.8 cm³/mol. The number of alkyl halides is 6. The van der Waals surface area contributed by atoms with Gasteiger partial charge in [0.25, 0.3) is 0 Å². The van der Waals surface area contributed by atoms with Crippen molar-refractivity contribution in [3.8, 4) is 0 Å². The molecule has 0 saturated carbocycles. The molecule has 2 aromatic rings. The van der Waals surface area contributed by atoms with Crippen LogP contribution in [0.4, 0.5) is 36.8 Å². The van der Waals surface area contributed by atoms with Crippen LogP contribution in [0.1, 0.15) is 16.7 Å². The summed E-state index contributed by atoms with van der Waals surface area (Å²) < 4.78 is 80.8. The maximum Gasteiger partial charge on any atom is 0.417 e. The number of nitrogens with one attached hydrogen (secondary N) is 1. The molecule has 0 aliphatic rings. The van der Waals surface area contributed by atoms with E-state index in [0.717, 1.165) is 12.1 Å². The van der Waals surface area contributed by atoms with Gasteiger partial charge in [-0.05, 0) is 29.3 Å². The van der Waals surface area contributed by atoms with Gasteiger partial charge in [-0.1, -0.05) is 36.4 Å². The molecule has 144 valence electrons. The second kappa shape index (κ2) is 8.15. The lowest BCUT2D eigenvalue weighted by Gasteiger charge is -2.13. The molecule has 2 aromatic carbocycles. The summed E-state index contributed by atoms with van der Waals surface area (Å²) in [7, 11) is 0. The minimum Gasteiger partial charge on any atom is -0.444 e. The van der Waals surface area contributed by atoms with Gasteiger partial charge in [0.2, 0.25) is 0 Å². The smallest absolute Gasteiger partial charge is 0.417 e. The average Bonchev–Trinajstić information content (AvgIpc) is 2.58. The Morgan fingerprint density at radius 2 is 1.67 bits per heavy atom. The highest BCUT2D eigenvalue weighted by molar-refractivity contribution is 5.85. The van der Waals surface area contributed by atoms with Crippen molar-refractivity contribution < 1.29 is 35.9 Å². The molecule has 0 aliphatic heterocycles. The molecule has 0 fully saturated rings. The van der Waals surface area contributed by atoms with E-state index in [2.05, 4.69) is 5.32 Å². The minimum absolute atomic E-state index is 0.0921. The number of ether oxygens (including phenoxy) is 1. The highest BCUT2D eigenvalue weighted by Crippen LogP contribution is 2.35. The molecule has 3 nitrogen and oxygen atoms in total. The molecule has 0 saturated heterocycles. The number of carbonyl (C=O) groups is 1. The number of allylic oxidation sites excluding steroid dienone is 1. The van der Waals surface area contributed by atoms with E-state index in [1.807, 2.05) is 0 Å². The number of carbonyl (C=O) groups excluding carboxylic acids is 1. The fourth-order valence-corrected chi connectivity index (χ4v) is 2.09. The van der Waals surface area contributed by atoms with Crippen molar-refractivity contribution in [3.63, 3.8) is 0 Å². The van der Waals surface area contributed by atoms with E-state index >= 15 is 0 Å². The van der Waals surface area contributed by atoms with Gasteiger partial charge in [0.1, 0.15) is 6.61 Å². The largest absolute Gasteiger partial charge is 0.444 e. The van der Waals surface area contributed by atoms with Crippen LogP contribution in [0.25, 0.3) is 6.08 Å². The van der Waals surface area contributed by atoms with E-state index in [1.54, 1.807) is 30.3 Å².